The highest BCUT2D eigenvalue weighted by Crippen LogP contribution is 2.30. The molecule has 4 heterocycles. The minimum absolute atomic E-state index is 0.0653. The van der Waals surface area contributed by atoms with Gasteiger partial charge in [-0.05, 0) is 25.0 Å². The summed E-state index contributed by atoms with van der Waals surface area (Å²) in [4.78, 5) is 18.0. The Hall–Kier alpha value is -3.35. The van der Waals surface area contributed by atoms with Crippen LogP contribution in [-0.2, 0) is 0 Å². The van der Waals surface area contributed by atoms with E-state index in [9.17, 15) is 4.79 Å². The Morgan fingerprint density at radius 1 is 1.15 bits per heavy atom. The third-order valence-corrected chi connectivity index (χ3v) is 5.16. The predicted octanol–water partition coefficient (Wildman–Crippen LogP) is 3.83. The summed E-state index contributed by atoms with van der Waals surface area (Å²) in [6.45, 7) is 1.35. The zero-order valence-electron chi connectivity index (χ0n) is 14.6. The molecular formula is C20H18N4O3. The Morgan fingerprint density at radius 2 is 2.00 bits per heavy atom. The maximum absolute atomic E-state index is 12.9. The maximum atomic E-state index is 12.9. The lowest BCUT2D eigenvalue weighted by molar-refractivity contribution is 0.0708. The van der Waals surface area contributed by atoms with E-state index in [1.165, 1.54) is 0 Å². The van der Waals surface area contributed by atoms with E-state index >= 15 is 0 Å². The van der Waals surface area contributed by atoms with E-state index in [2.05, 4.69) is 15.2 Å². The second-order valence-corrected chi connectivity index (χ2v) is 6.77. The molecule has 5 rings (SSSR count). The molecule has 1 saturated heterocycles. The SMILES string of the molecule is O=C(c1c[nH]c2ccccc12)N1CCC(c2nnc(-c3ccoc3)o2)CC1. The van der Waals surface area contributed by atoms with Gasteiger partial charge in [0.25, 0.3) is 11.8 Å². The summed E-state index contributed by atoms with van der Waals surface area (Å²) < 4.78 is 10.9. The van der Waals surface area contributed by atoms with Crippen molar-refractivity contribution in [2.75, 3.05) is 13.1 Å². The van der Waals surface area contributed by atoms with E-state index in [0.717, 1.165) is 34.9 Å². The highest BCUT2D eigenvalue weighted by atomic mass is 16.4. The van der Waals surface area contributed by atoms with Crippen molar-refractivity contribution >= 4 is 16.8 Å². The van der Waals surface area contributed by atoms with Gasteiger partial charge in [-0.25, -0.2) is 0 Å². The van der Waals surface area contributed by atoms with Gasteiger partial charge in [0.05, 0.1) is 17.4 Å². The molecule has 27 heavy (non-hydrogen) atoms. The smallest absolute Gasteiger partial charge is 0.256 e. The predicted molar refractivity (Wildman–Crippen MR) is 98.2 cm³/mol. The number of nitrogens with zero attached hydrogens (tertiary/aromatic N) is 3. The van der Waals surface area contributed by atoms with Gasteiger partial charge in [-0.1, -0.05) is 18.2 Å². The highest BCUT2D eigenvalue weighted by molar-refractivity contribution is 6.06. The van der Waals surface area contributed by atoms with Crippen molar-refractivity contribution in [1.29, 1.82) is 0 Å². The van der Waals surface area contributed by atoms with Crippen molar-refractivity contribution in [3.05, 3.63) is 60.5 Å². The zero-order chi connectivity index (χ0) is 18.2. The summed E-state index contributed by atoms with van der Waals surface area (Å²) in [7, 11) is 0. The van der Waals surface area contributed by atoms with Crippen LogP contribution in [0.4, 0.5) is 0 Å². The normalized spacial score (nSPS) is 15.5. The van der Waals surface area contributed by atoms with Crippen molar-refractivity contribution in [2.24, 2.45) is 0 Å². The van der Waals surface area contributed by atoms with E-state index in [1.54, 1.807) is 24.8 Å². The molecule has 7 nitrogen and oxygen atoms in total. The number of rotatable bonds is 3. The van der Waals surface area contributed by atoms with Gasteiger partial charge in [0.2, 0.25) is 5.89 Å². The number of benzene rings is 1. The number of H-pyrrole nitrogens is 1. The molecular weight excluding hydrogens is 344 g/mol. The van der Waals surface area contributed by atoms with Crippen molar-refractivity contribution in [3.63, 3.8) is 0 Å². The van der Waals surface area contributed by atoms with Gasteiger partial charge in [-0.3, -0.25) is 4.79 Å². The number of hydrogen-bond donors (Lipinski definition) is 1. The van der Waals surface area contributed by atoms with Gasteiger partial charge in [0.1, 0.15) is 6.26 Å². The first-order valence-electron chi connectivity index (χ1n) is 9.01. The fourth-order valence-corrected chi connectivity index (χ4v) is 3.65. The van der Waals surface area contributed by atoms with Gasteiger partial charge in [0, 0.05) is 36.1 Å². The van der Waals surface area contributed by atoms with Crippen molar-refractivity contribution in [1.82, 2.24) is 20.1 Å². The Balaban J connectivity index is 1.28. The van der Waals surface area contributed by atoms with Crippen LogP contribution in [0, 0.1) is 0 Å². The summed E-state index contributed by atoms with van der Waals surface area (Å²) in [6, 6.07) is 9.65. The number of nitrogens with one attached hydrogen (secondary N) is 1. The number of likely N-dealkylation sites (tertiary alicyclic amines) is 1. The van der Waals surface area contributed by atoms with Crippen LogP contribution in [0.1, 0.15) is 35.0 Å². The number of aromatic nitrogens is 3. The maximum Gasteiger partial charge on any atom is 0.256 e. The standard InChI is InChI=1S/C20H18N4O3/c25-20(16-11-21-17-4-2-1-3-15(16)17)24-8-5-13(6-9-24)18-22-23-19(27-18)14-7-10-26-12-14/h1-4,7,10-13,21H,5-6,8-9H2. The first kappa shape index (κ1) is 15.9. The molecule has 0 radical (unpaired) electrons. The molecule has 1 aromatic carbocycles. The second kappa shape index (κ2) is 6.42. The van der Waals surface area contributed by atoms with Crippen molar-refractivity contribution < 1.29 is 13.6 Å². The van der Waals surface area contributed by atoms with Gasteiger partial charge in [-0.15, -0.1) is 10.2 Å². The van der Waals surface area contributed by atoms with Crippen LogP contribution in [0.15, 0.2) is 57.9 Å². The van der Waals surface area contributed by atoms with Crippen LogP contribution in [0.25, 0.3) is 22.4 Å². The van der Waals surface area contributed by atoms with E-state index in [-0.39, 0.29) is 11.8 Å². The van der Waals surface area contributed by atoms with Crippen molar-refractivity contribution in [2.45, 2.75) is 18.8 Å². The van der Waals surface area contributed by atoms with Gasteiger partial charge in [-0.2, -0.15) is 0 Å². The minimum Gasteiger partial charge on any atom is -0.472 e. The molecule has 136 valence electrons. The second-order valence-electron chi connectivity index (χ2n) is 6.77. The number of furan rings is 1. The molecule has 7 heteroatoms. The fourth-order valence-electron chi connectivity index (χ4n) is 3.65. The van der Waals surface area contributed by atoms with Crippen LogP contribution < -0.4 is 0 Å². The molecule has 0 aliphatic carbocycles. The third-order valence-electron chi connectivity index (χ3n) is 5.16. The molecule has 1 N–H and O–H groups in total. The lowest BCUT2D eigenvalue weighted by atomic mass is 9.96. The van der Waals surface area contributed by atoms with Crippen molar-refractivity contribution in [3.8, 4) is 11.5 Å². The van der Waals surface area contributed by atoms with E-state index in [4.69, 9.17) is 8.83 Å². The van der Waals surface area contributed by atoms with Gasteiger partial charge in [0.15, 0.2) is 0 Å². The molecule has 1 amide bonds. The molecule has 1 aliphatic rings. The van der Waals surface area contributed by atoms with Crippen LogP contribution in [0.3, 0.4) is 0 Å². The van der Waals surface area contributed by atoms with Gasteiger partial charge >= 0.3 is 0 Å². The first-order valence-corrected chi connectivity index (χ1v) is 9.01. The number of amides is 1. The lowest BCUT2D eigenvalue weighted by Crippen LogP contribution is -2.37. The Labute approximate surface area is 155 Å². The average Bonchev–Trinajstić information content (AvgIpc) is 3.47. The highest BCUT2D eigenvalue weighted by Gasteiger charge is 2.29. The fraction of sp³-hybridized carbons (Fsp3) is 0.250. The Morgan fingerprint density at radius 3 is 2.81 bits per heavy atom. The molecule has 4 aromatic rings. The zero-order valence-corrected chi connectivity index (χ0v) is 14.6. The van der Waals surface area contributed by atoms with Crippen LogP contribution in [-0.4, -0.2) is 39.1 Å². The number of piperidine rings is 1. The molecule has 1 fully saturated rings. The molecule has 0 spiro atoms. The molecule has 0 bridgehead atoms. The number of carbonyl (C=O) groups is 1. The van der Waals surface area contributed by atoms with Crippen LogP contribution in [0.5, 0.6) is 0 Å². The quantitative estimate of drug-likeness (QED) is 0.598. The number of para-hydroxylation sites is 1. The van der Waals surface area contributed by atoms with E-state index in [1.807, 2.05) is 29.2 Å². The lowest BCUT2D eigenvalue weighted by Gasteiger charge is -2.30. The summed E-state index contributed by atoms with van der Waals surface area (Å²) in [5.74, 6) is 1.34. The monoisotopic (exact) mass is 362 g/mol. The molecule has 0 saturated carbocycles. The molecule has 0 atom stereocenters. The summed E-state index contributed by atoms with van der Waals surface area (Å²) >= 11 is 0. The summed E-state index contributed by atoms with van der Waals surface area (Å²) in [5.41, 5.74) is 2.48. The van der Waals surface area contributed by atoms with Crippen LogP contribution in [0.2, 0.25) is 0 Å². The Kier molecular flexibility index (Phi) is 3.78. The Bertz CT molecular complexity index is 1070. The largest absolute Gasteiger partial charge is 0.472 e. The average molecular weight is 362 g/mol. The number of carbonyl (C=O) groups excluding carboxylic acids is 1. The summed E-state index contributed by atoms with van der Waals surface area (Å²) in [6.07, 6.45) is 6.57. The molecule has 3 aromatic heterocycles. The number of fused-ring (bicyclic) bond motifs is 1. The number of aromatic amines is 1. The number of hydrogen-bond acceptors (Lipinski definition) is 5. The molecule has 0 unspecified atom stereocenters. The molecule has 1 aliphatic heterocycles. The topological polar surface area (TPSA) is 88.2 Å². The van der Waals surface area contributed by atoms with Gasteiger partial charge < -0.3 is 18.7 Å². The van der Waals surface area contributed by atoms with Crippen LogP contribution >= 0.6 is 0 Å². The first-order chi connectivity index (χ1) is 13.3. The van der Waals surface area contributed by atoms with E-state index < -0.39 is 0 Å². The third kappa shape index (κ3) is 2.81. The summed E-state index contributed by atoms with van der Waals surface area (Å²) in [5, 5.41) is 9.26. The van der Waals surface area contributed by atoms with E-state index in [0.29, 0.717) is 24.9 Å². The minimum atomic E-state index is 0.0653.